The highest BCUT2D eigenvalue weighted by molar-refractivity contribution is 5.36. The molecule has 5 heteroatoms. The van der Waals surface area contributed by atoms with E-state index >= 15 is 0 Å². The number of unbranched alkanes of at least 4 members (excludes halogenated alkanes) is 1. The van der Waals surface area contributed by atoms with E-state index in [1.165, 1.54) is 18.2 Å². The fraction of sp³-hybridized carbons (Fsp3) is 0.412. The number of alkyl halides is 3. The summed E-state index contributed by atoms with van der Waals surface area (Å²) in [5.74, 6) is -0.757. The van der Waals surface area contributed by atoms with Gasteiger partial charge in [0.1, 0.15) is 11.4 Å². The zero-order chi connectivity index (χ0) is 16.2. The maximum absolute atomic E-state index is 13.8. The third kappa shape index (κ3) is 4.19. The van der Waals surface area contributed by atoms with E-state index < -0.39 is 12.0 Å². The van der Waals surface area contributed by atoms with Gasteiger partial charge in [0.25, 0.3) is 0 Å². The van der Waals surface area contributed by atoms with Crippen molar-refractivity contribution < 1.29 is 22.3 Å². The Morgan fingerprint density at radius 1 is 1.14 bits per heavy atom. The molecular formula is C17H18F4O. The second-order valence-electron chi connectivity index (χ2n) is 5.37. The lowest BCUT2D eigenvalue weighted by Gasteiger charge is -2.32. The van der Waals surface area contributed by atoms with Crippen LogP contribution in [-0.4, -0.2) is 12.0 Å². The molecule has 0 saturated carbocycles. The molecule has 1 aromatic carbocycles. The maximum Gasteiger partial charge on any atom is 0.523 e. The number of benzene rings is 1. The van der Waals surface area contributed by atoms with Gasteiger partial charge in [0.05, 0.1) is 0 Å². The highest BCUT2D eigenvalue weighted by atomic mass is 19.4. The molecule has 1 aliphatic carbocycles. The third-order valence-corrected chi connectivity index (χ3v) is 3.66. The number of halogens is 4. The van der Waals surface area contributed by atoms with Gasteiger partial charge >= 0.3 is 6.36 Å². The van der Waals surface area contributed by atoms with Gasteiger partial charge < -0.3 is 0 Å². The first kappa shape index (κ1) is 16.7. The molecule has 0 aromatic heterocycles. The number of hydrogen-bond acceptors (Lipinski definition) is 1. The fourth-order valence-corrected chi connectivity index (χ4v) is 2.56. The van der Waals surface area contributed by atoms with Crippen LogP contribution in [0.5, 0.6) is 0 Å². The van der Waals surface area contributed by atoms with Crippen LogP contribution in [0.1, 0.15) is 37.7 Å². The van der Waals surface area contributed by atoms with Gasteiger partial charge in [-0.25, -0.2) is 4.39 Å². The van der Waals surface area contributed by atoms with Crippen LogP contribution in [0.2, 0.25) is 0 Å². The molecule has 0 amide bonds. The van der Waals surface area contributed by atoms with Crippen molar-refractivity contribution in [3.63, 3.8) is 0 Å². The molecule has 120 valence electrons. The van der Waals surface area contributed by atoms with E-state index in [4.69, 9.17) is 0 Å². The zero-order valence-corrected chi connectivity index (χ0v) is 12.2. The van der Waals surface area contributed by atoms with E-state index in [1.807, 2.05) is 6.92 Å². The molecule has 0 fully saturated rings. The Hall–Kier alpha value is -1.62. The van der Waals surface area contributed by atoms with Crippen LogP contribution < -0.4 is 0 Å². The van der Waals surface area contributed by atoms with Gasteiger partial charge in [-0.2, -0.15) is 0 Å². The van der Waals surface area contributed by atoms with Crippen LogP contribution >= 0.6 is 0 Å². The van der Waals surface area contributed by atoms with Gasteiger partial charge in [-0.15, -0.1) is 13.2 Å². The Kier molecular flexibility index (Phi) is 5.06. The van der Waals surface area contributed by atoms with Crippen LogP contribution in [0.25, 0.3) is 0 Å². The molecule has 0 bridgehead atoms. The van der Waals surface area contributed by atoms with Gasteiger partial charge in [0.2, 0.25) is 0 Å². The van der Waals surface area contributed by atoms with Crippen molar-refractivity contribution in [1.29, 1.82) is 0 Å². The van der Waals surface area contributed by atoms with Crippen LogP contribution in [0.15, 0.2) is 48.6 Å². The molecule has 0 heterocycles. The lowest BCUT2D eigenvalue weighted by molar-refractivity contribution is -0.351. The molecule has 0 N–H and O–H groups in total. The molecule has 0 spiro atoms. The molecule has 0 atom stereocenters. The molecule has 22 heavy (non-hydrogen) atoms. The van der Waals surface area contributed by atoms with E-state index in [1.54, 1.807) is 30.4 Å². The van der Waals surface area contributed by atoms with Crippen LogP contribution in [0.4, 0.5) is 17.6 Å². The van der Waals surface area contributed by atoms with E-state index in [-0.39, 0.29) is 18.2 Å². The summed E-state index contributed by atoms with van der Waals surface area (Å²) in [6.07, 6.45) is 2.82. The molecule has 0 radical (unpaired) electrons. The van der Waals surface area contributed by atoms with Gasteiger partial charge in [-0.05, 0) is 18.1 Å². The van der Waals surface area contributed by atoms with Crippen LogP contribution in [-0.2, 0) is 4.74 Å². The summed E-state index contributed by atoms with van der Waals surface area (Å²) in [7, 11) is 0. The minimum absolute atomic E-state index is 0.236. The van der Waals surface area contributed by atoms with Gasteiger partial charge in [-0.1, -0.05) is 62.3 Å². The Labute approximate surface area is 127 Å². The second kappa shape index (κ2) is 6.65. The summed E-state index contributed by atoms with van der Waals surface area (Å²) >= 11 is 0. The number of allylic oxidation sites excluding steroid dienone is 2. The summed E-state index contributed by atoms with van der Waals surface area (Å²) in [4.78, 5) is 0. The van der Waals surface area contributed by atoms with Crippen molar-refractivity contribution in [2.24, 2.45) is 0 Å². The van der Waals surface area contributed by atoms with Gasteiger partial charge in [0, 0.05) is 5.92 Å². The Morgan fingerprint density at radius 3 is 2.32 bits per heavy atom. The minimum atomic E-state index is -4.72. The fourth-order valence-electron chi connectivity index (χ4n) is 2.56. The topological polar surface area (TPSA) is 9.23 Å². The average Bonchev–Trinajstić information content (AvgIpc) is 2.45. The van der Waals surface area contributed by atoms with E-state index in [0.29, 0.717) is 12.0 Å². The Morgan fingerprint density at radius 2 is 1.77 bits per heavy atom. The molecular weight excluding hydrogens is 296 g/mol. The van der Waals surface area contributed by atoms with Crippen LogP contribution in [0.3, 0.4) is 0 Å². The first-order valence-corrected chi connectivity index (χ1v) is 7.25. The molecule has 2 rings (SSSR count). The lowest BCUT2D eigenvalue weighted by Crippen LogP contribution is -2.36. The van der Waals surface area contributed by atoms with Crippen molar-refractivity contribution in [2.45, 2.75) is 44.1 Å². The quantitative estimate of drug-likeness (QED) is 0.515. The minimum Gasteiger partial charge on any atom is -0.277 e. The number of rotatable bonds is 5. The second-order valence-corrected chi connectivity index (χ2v) is 5.37. The molecule has 1 nitrogen and oxygen atoms in total. The van der Waals surface area contributed by atoms with Crippen molar-refractivity contribution in [3.8, 4) is 0 Å². The number of hydrogen-bond donors (Lipinski definition) is 0. The van der Waals surface area contributed by atoms with Crippen molar-refractivity contribution >= 4 is 0 Å². The lowest BCUT2D eigenvalue weighted by atomic mass is 9.85. The Balaban J connectivity index is 2.22. The molecule has 0 saturated heterocycles. The normalized spacial score (nSPS) is 24.7. The highest BCUT2D eigenvalue weighted by Crippen LogP contribution is 2.37. The summed E-state index contributed by atoms with van der Waals surface area (Å²) < 4.78 is 56.0. The van der Waals surface area contributed by atoms with Gasteiger partial charge in [0.15, 0.2) is 0 Å². The summed E-state index contributed by atoms with van der Waals surface area (Å²) in [5, 5.41) is 0. The van der Waals surface area contributed by atoms with Crippen molar-refractivity contribution in [1.82, 2.24) is 0 Å². The van der Waals surface area contributed by atoms with Gasteiger partial charge in [-0.3, -0.25) is 4.74 Å². The zero-order valence-electron chi connectivity index (χ0n) is 12.2. The van der Waals surface area contributed by atoms with E-state index in [0.717, 1.165) is 6.42 Å². The first-order chi connectivity index (χ1) is 10.4. The monoisotopic (exact) mass is 314 g/mol. The first-order valence-electron chi connectivity index (χ1n) is 7.25. The Bertz CT molecular complexity index is 546. The number of ether oxygens (including phenoxy) is 1. The highest BCUT2D eigenvalue weighted by Gasteiger charge is 2.41. The SMILES string of the molecule is CCCCC1(OC(F)(F)F)C=CC(c2ccccc2F)C=C1. The summed E-state index contributed by atoms with van der Waals surface area (Å²) in [5.41, 5.74) is -1.05. The smallest absolute Gasteiger partial charge is 0.277 e. The third-order valence-electron chi connectivity index (χ3n) is 3.66. The molecule has 0 aliphatic heterocycles. The predicted molar refractivity (Wildman–Crippen MR) is 76.8 cm³/mol. The predicted octanol–water partition coefficient (Wildman–Crippen LogP) is 5.50. The summed E-state index contributed by atoms with van der Waals surface area (Å²) in [6.45, 7) is 1.90. The summed E-state index contributed by atoms with van der Waals surface area (Å²) in [6, 6.07) is 6.24. The molecule has 1 aliphatic rings. The molecule has 1 aromatic rings. The van der Waals surface area contributed by atoms with Crippen LogP contribution in [0, 0.1) is 5.82 Å². The van der Waals surface area contributed by atoms with Crippen molar-refractivity contribution in [2.75, 3.05) is 0 Å². The average molecular weight is 314 g/mol. The van der Waals surface area contributed by atoms with E-state index in [2.05, 4.69) is 4.74 Å². The maximum atomic E-state index is 13.8. The largest absolute Gasteiger partial charge is 0.523 e. The van der Waals surface area contributed by atoms with E-state index in [9.17, 15) is 17.6 Å². The van der Waals surface area contributed by atoms with Crippen molar-refractivity contribution in [3.05, 3.63) is 60.0 Å². The molecule has 0 unspecified atom stereocenters. The standard InChI is InChI=1S/C17H18F4O/c1-2-3-10-16(22-17(19,20)21)11-8-13(9-12-16)14-6-4-5-7-15(14)18/h4-9,11-13H,2-3,10H2,1H3.